The second-order valence-electron chi connectivity index (χ2n) is 4.45. The standard InChI is InChI=1S/C10H17Si.C5H5.Ni/c1-4-8-6-7-10(11-3)9(8)5-2;1-2-4-5-3-1;/h4-6,11H2,1-3H3;1-3H,4H2;. The first-order valence-electron chi connectivity index (χ1n) is 6.67. The van der Waals surface area contributed by atoms with E-state index in [-0.39, 0.29) is 9.52 Å². The Kier molecular flexibility index (Phi) is 4.64. The summed E-state index contributed by atoms with van der Waals surface area (Å²) in [6, 6.07) is 0. The van der Waals surface area contributed by atoms with E-state index in [4.69, 9.17) is 0 Å². The van der Waals surface area contributed by atoms with Crippen molar-refractivity contribution in [2.45, 2.75) is 46.1 Å². The van der Waals surface area contributed by atoms with Gasteiger partial charge in [-0.2, -0.15) is 0 Å². The second-order valence-corrected chi connectivity index (χ2v) is 7.34. The van der Waals surface area contributed by atoms with Crippen molar-refractivity contribution < 1.29 is 14.4 Å². The Labute approximate surface area is 114 Å². The van der Waals surface area contributed by atoms with Crippen LogP contribution in [0.15, 0.2) is 43.7 Å². The molecule has 0 aromatic rings. The Hall–Kier alpha value is -0.330. The van der Waals surface area contributed by atoms with Gasteiger partial charge in [-0.3, -0.25) is 0 Å². The molecule has 0 aromatic heterocycles. The second kappa shape index (κ2) is 6.02. The Morgan fingerprint density at radius 3 is 2.65 bits per heavy atom. The van der Waals surface area contributed by atoms with Gasteiger partial charge in [-0.1, -0.05) is 0 Å². The molecule has 0 saturated heterocycles. The van der Waals surface area contributed by atoms with Crippen LogP contribution in [0.25, 0.3) is 0 Å². The van der Waals surface area contributed by atoms with Crippen LogP contribution in [0.5, 0.6) is 0 Å². The third kappa shape index (κ3) is 2.74. The summed E-state index contributed by atoms with van der Waals surface area (Å²) in [7, 11) is -0.0359. The molecule has 0 amide bonds. The molecule has 96 valence electrons. The average Bonchev–Trinajstić information content (AvgIpc) is 2.96. The van der Waals surface area contributed by atoms with Crippen LogP contribution >= 0.6 is 0 Å². The van der Waals surface area contributed by atoms with E-state index in [1.807, 2.05) is 14.4 Å². The van der Waals surface area contributed by atoms with Gasteiger partial charge in [0.15, 0.2) is 0 Å². The molecule has 0 saturated carbocycles. The fourth-order valence-electron chi connectivity index (χ4n) is 2.62. The van der Waals surface area contributed by atoms with E-state index in [2.05, 4.69) is 38.6 Å². The minimum atomic E-state index is -0.0359. The van der Waals surface area contributed by atoms with Crippen LogP contribution in [0.4, 0.5) is 0 Å². The van der Waals surface area contributed by atoms with Gasteiger partial charge in [-0.05, 0) is 0 Å². The summed E-state index contributed by atoms with van der Waals surface area (Å²) < 4.78 is 3.26. The fraction of sp³-hybridized carbons (Fsp3) is 0.467. The first-order chi connectivity index (χ1) is 8.30. The number of hydrogen-bond acceptors (Lipinski definition) is 0. The van der Waals surface area contributed by atoms with Crippen LogP contribution in [0, 0.1) is 0 Å². The first kappa shape index (κ1) is 13.1. The minimum absolute atomic E-state index is 0.0359. The van der Waals surface area contributed by atoms with Gasteiger partial charge in [-0.25, -0.2) is 0 Å². The summed E-state index contributed by atoms with van der Waals surface area (Å²) in [6.07, 6.45) is 11.6. The molecule has 0 aliphatic heterocycles. The van der Waals surface area contributed by atoms with Crippen molar-refractivity contribution in [2.75, 3.05) is 0 Å². The fourth-order valence-corrected chi connectivity index (χ4v) is 6.16. The molecule has 0 fully saturated rings. The third-order valence-electron chi connectivity index (χ3n) is 3.49. The molecule has 2 aliphatic rings. The molecular weight excluding hydrogens is 267 g/mol. The molecule has 2 heteroatoms. The van der Waals surface area contributed by atoms with Gasteiger partial charge >= 0.3 is 114 Å². The van der Waals surface area contributed by atoms with E-state index < -0.39 is 0 Å². The molecule has 0 spiro atoms. The van der Waals surface area contributed by atoms with Gasteiger partial charge in [0.1, 0.15) is 0 Å². The summed E-state index contributed by atoms with van der Waals surface area (Å²) in [5, 5.41) is 1.79. The Morgan fingerprint density at radius 1 is 1.29 bits per heavy atom. The summed E-state index contributed by atoms with van der Waals surface area (Å²) in [4.78, 5) is 0. The zero-order chi connectivity index (χ0) is 12.3. The molecule has 2 rings (SSSR count). The maximum atomic E-state index is 2.44. The normalized spacial score (nSPS) is 20.5. The van der Waals surface area contributed by atoms with Crippen molar-refractivity contribution in [3.05, 3.63) is 43.7 Å². The molecule has 0 radical (unpaired) electrons. The van der Waals surface area contributed by atoms with Gasteiger partial charge in [0, 0.05) is 0 Å². The molecule has 2 aliphatic carbocycles. The van der Waals surface area contributed by atoms with Gasteiger partial charge in [-0.15, -0.1) is 0 Å². The molecule has 0 bridgehead atoms. The molecule has 0 heterocycles. The van der Waals surface area contributed by atoms with Crippen molar-refractivity contribution in [3.63, 3.8) is 0 Å². The van der Waals surface area contributed by atoms with E-state index in [1.165, 1.54) is 19.3 Å². The summed E-state index contributed by atoms with van der Waals surface area (Å²) in [6.45, 7) is 7.07. The Bertz CT molecular complexity index is 424. The van der Waals surface area contributed by atoms with Gasteiger partial charge in [0.05, 0.1) is 0 Å². The van der Waals surface area contributed by atoms with E-state index in [0.717, 1.165) is 6.42 Å². The van der Waals surface area contributed by atoms with Crippen LogP contribution in [0.2, 0.25) is 6.55 Å². The molecule has 17 heavy (non-hydrogen) atoms. The topological polar surface area (TPSA) is 0 Å². The number of rotatable bonds is 5. The summed E-state index contributed by atoms with van der Waals surface area (Å²) in [5.74, 6) is 0. The number of hydrogen-bond donors (Lipinski definition) is 0. The van der Waals surface area contributed by atoms with Crippen molar-refractivity contribution in [1.29, 1.82) is 0 Å². The molecule has 0 aromatic carbocycles. The van der Waals surface area contributed by atoms with E-state index in [0.29, 0.717) is 0 Å². The Morgan fingerprint density at radius 2 is 2.12 bits per heavy atom. The molecular formula is C15H22NiSi. The SMILES string of the molecule is CCC1=C(CC)C([SiH2]C)=[C]([Ni][C]2=CC=CC2)C1. The predicted octanol–water partition coefficient (Wildman–Crippen LogP) is 3.86. The molecule has 0 nitrogen and oxygen atoms in total. The Balaban J connectivity index is 2.17. The van der Waals surface area contributed by atoms with Crippen molar-refractivity contribution in [2.24, 2.45) is 0 Å². The van der Waals surface area contributed by atoms with Crippen molar-refractivity contribution in [3.8, 4) is 0 Å². The molecule has 0 atom stereocenters. The predicted molar refractivity (Wildman–Crippen MR) is 75.5 cm³/mol. The molecule has 0 N–H and O–H groups in total. The monoisotopic (exact) mass is 288 g/mol. The van der Waals surface area contributed by atoms with Crippen LogP contribution in [0.1, 0.15) is 39.5 Å². The quantitative estimate of drug-likeness (QED) is 0.674. The summed E-state index contributed by atoms with van der Waals surface area (Å²) >= 11 is 1.85. The van der Waals surface area contributed by atoms with Crippen molar-refractivity contribution >= 4 is 9.52 Å². The van der Waals surface area contributed by atoms with Crippen LogP contribution in [-0.4, -0.2) is 9.52 Å². The molecule has 0 unspecified atom stereocenters. The van der Waals surface area contributed by atoms with E-state index >= 15 is 0 Å². The van der Waals surface area contributed by atoms with Crippen molar-refractivity contribution in [1.82, 2.24) is 0 Å². The zero-order valence-corrected chi connectivity index (χ0v) is 13.5. The first-order valence-corrected chi connectivity index (χ1v) is 9.78. The van der Waals surface area contributed by atoms with Crippen LogP contribution in [-0.2, 0) is 14.4 Å². The van der Waals surface area contributed by atoms with Gasteiger partial charge in [0.25, 0.3) is 0 Å². The van der Waals surface area contributed by atoms with Gasteiger partial charge in [0.2, 0.25) is 0 Å². The number of allylic oxidation sites excluding steroid dienone is 8. The average molecular weight is 289 g/mol. The van der Waals surface area contributed by atoms with Crippen LogP contribution in [0.3, 0.4) is 0 Å². The summed E-state index contributed by atoms with van der Waals surface area (Å²) in [5.41, 5.74) is 3.44. The zero-order valence-electron chi connectivity index (χ0n) is 11.1. The maximum absolute atomic E-state index is 2.44. The third-order valence-corrected chi connectivity index (χ3v) is 6.79. The van der Waals surface area contributed by atoms with E-state index in [1.54, 1.807) is 25.4 Å². The van der Waals surface area contributed by atoms with E-state index in [9.17, 15) is 0 Å². The van der Waals surface area contributed by atoms with Crippen LogP contribution < -0.4 is 0 Å². The van der Waals surface area contributed by atoms with Gasteiger partial charge < -0.3 is 0 Å².